The molecule has 0 atom stereocenters. The predicted octanol–water partition coefficient (Wildman–Crippen LogP) is 2.17. The molecule has 2 heteroatoms. The molecule has 90 valence electrons. The lowest BCUT2D eigenvalue weighted by Crippen LogP contribution is -2.19. The van der Waals surface area contributed by atoms with Crippen LogP contribution in [0, 0.1) is 13.8 Å². The molecule has 0 amide bonds. The van der Waals surface area contributed by atoms with E-state index in [9.17, 15) is 0 Å². The summed E-state index contributed by atoms with van der Waals surface area (Å²) in [5.74, 6) is 0. The second kappa shape index (κ2) is 7.42. The fourth-order valence-corrected chi connectivity index (χ4v) is 1.71. The first-order chi connectivity index (χ1) is 7.74. The molecule has 0 aliphatic heterocycles. The number of rotatable bonds is 7. The van der Waals surface area contributed by atoms with Crippen molar-refractivity contribution in [2.45, 2.75) is 33.1 Å². The van der Waals surface area contributed by atoms with Gasteiger partial charge in [-0.1, -0.05) is 18.2 Å². The maximum Gasteiger partial charge on any atom is -0.000835 e. The third-order valence-electron chi connectivity index (χ3n) is 2.97. The van der Waals surface area contributed by atoms with Crippen LogP contribution >= 0.6 is 0 Å². The van der Waals surface area contributed by atoms with E-state index in [0.29, 0.717) is 0 Å². The molecule has 0 bridgehead atoms. The number of unbranched alkanes of at least 4 members (excludes halogenated alkanes) is 1. The van der Waals surface area contributed by atoms with Gasteiger partial charge in [0.1, 0.15) is 0 Å². The molecule has 2 nitrogen and oxygen atoms in total. The minimum Gasteiger partial charge on any atom is -0.330 e. The van der Waals surface area contributed by atoms with Crippen molar-refractivity contribution in [3.63, 3.8) is 0 Å². The molecule has 0 unspecified atom stereocenters. The van der Waals surface area contributed by atoms with Crippen molar-refractivity contribution in [1.29, 1.82) is 0 Å². The molecule has 1 rings (SSSR count). The molecule has 0 heterocycles. The summed E-state index contributed by atoms with van der Waals surface area (Å²) in [5.41, 5.74) is 9.63. The van der Waals surface area contributed by atoms with Crippen molar-refractivity contribution in [3.05, 3.63) is 34.9 Å². The fraction of sp³-hybridized carbons (Fsp3) is 0.571. The van der Waals surface area contributed by atoms with E-state index < -0.39 is 0 Å². The Labute approximate surface area is 99.2 Å². The van der Waals surface area contributed by atoms with Gasteiger partial charge in [-0.25, -0.2) is 0 Å². The molecule has 1 aromatic rings. The van der Waals surface area contributed by atoms with Crippen LogP contribution in [-0.4, -0.2) is 19.6 Å². The number of hydrogen-bond acceptors (Lipinski definition) is 2. The van der Waals surface area contributed by atoms with Crippen LogP contribution < -0.4 is 11.1 Å². The first-order valence-electron chi connectivity index (χ1n) is 6.21. The maximum atomic E-state index is 5.44. The quantitative estimate of drug-likeness (QED) is 0.691. The zero-order valence-electron chi connectivity index (χ0n) is 10.6. The average Bonchev–Trinajstić information content (AvgIpc) is 2.28. The van der Waals surface area contributed by atoms with Crippen LogP contribution in [0.3, 0.4) is 0 Å². The zero-order chi connectivity index (χ0) is 11.8. The minimum atomic E-state index is 0.804. The second-order valence-electron chi connectivity index (χ2n) is 4.41. The third kappa shape index (κ3) is 4.77. The summed E-state index contributed by atoms with van der Waals surface area (Å²) in [6.45, 7) is 7.28. The van der Waals surface area contributed by atoms with E-state index in [1.54, 1.807) is 0 Å². The van der Waals surface area contributed by atoms with Gasteiger partial charge < -0.3 is 11.1 Å². The topological polar surface area (TPSA) is 38.0 Å². The van der Waals surface area contributed by atoms with Crippen molar-refractivity contribution in [1.82, 2.24) is 5.32 Å². The Morgan fingerprint density at radius 1 is 1.06 bits per heavy atom. The molecule has 0 saturated heterocycles. The van der Waals surface area contributed by atoms with Crippen LogP contribution in [0.25, 0.3) is 0 Å². The van der Waals surface area contributed by atoms with Gasteiger partial charge in [-0.15, -0.1) is 0 Å². The molecular weight excluding hydrogens is 196 g/mol. The molecule has 0 aliphatic rings. The normalized spacial score (nSPS) is 10.7. The van der Waals surface area contributed by atoms with Crippen LogP contribution in [0.2, 0.25) is 0 Å². The van der Waals surface area contributed by atoms with Crippen molar-refractivity contribution >= 4 is 0 Å². The summed E-state index contributed by atoms with van der Waals surface area (Å²) in [6, 6.07) is 6.72. The third-order valence-corrected chi connectivity index (χ3v) is 2.97. The Bertz CT molecular complexity index is 308. The van der Waals surface area contributed by atoms with E-state index in [-0.39, 0.29) is 0 Å². The number of nitrogens with one attached hydrogen (secondary N) is 1. The van der Waals surface area contributed by atoms with E-state index in [0.717, 1.165) is 32.5 Å². The van der Waals surface area contributed by atoms with Crippen LogP contribution in [0.5, 0.6) is 0 Å². The van der Waals surface area contributed by atoms with Crippen molar-refractivity contribution in [2.24, 2.45) is 5.73 Å². The molecule has 16 heavy (non-hydrogen) atoms. The second-order valence-corrected chi connectivity index (χ2v) is 4.41. The SMILES string of the molecule is Cc1ccc(CCNCCCCN)cc1C. The summed E-state index contributed by atoms with van der Waals surface area (Å²) in [7, 11) is 0. The van der Waals surface area contributed by atoms with Crippen molar-refractivity contribution < 1.29 is 0 Å². The number of nitrogens with two attached hydrogens (primary N) is 1. The van der Waals surface area contributed by atoms with Crippen LogP contribution in [0.4, 0.5) is 0 Å². The lowest BCUT2D eigenvalue weighted by molar-refractivity contribution is 0.627. The van der Waals surface area contributed by atoms with Crippen LogP contribution in [0.15, 0.2) is 18.2 Å². The smallest absolute Gasteiger partial charge is 0.000835 e. The minimum absolute atomic E-state index is 0.804. The largest absolute Gasteiger partial charge is 0.330 e. The van der Waals surface area contributed by atoms with Gasteiger partial charge in [-0.3, -0.25) is 0 Å². The van der Waals surface area contributed by atoms with E-state index >= 15 is 0 Å². The van der Waals surface area contributed by atoms with Gasteiger partial charge in [0.15, 0.2) is 0 Å². The summed E-state index contributed by atoms with van der Waals surface area (Å²) in [5, 5.41) is 3.45. The Kier molecular flexibility index (Phi) is 6.12. The summed E-state index contributed by atoms with van der Waals surface area (Å²) in [6.07, 6.45) is 3.42. The summed E-state index contributed by atoms with van der Waals surface area (Å²) >= 11 is 0. The predicted molar refractivity (Wildman–Crippen MR) is 70.8 cm³/mol. The first-order valence-corrected chi connectivity index (χ1v) is 6.21. The van der Waals surface area contributed by atoms with Gasteiger partial charge in [0.2, 0.25) is 0 Å². The van der Waals surface area contributed by atoms with Crippen LogP contribution in [0.1, 0.15) is 29.5 Å². The Morgan fingerprint density at radius 2 is 1.88 bits per heavy atom. The highest BCUT2D eigenvalue weighted by Gasteiger charge is 1.96. The zero-order valence-corrected chi connectivity index (χ0v) is 10.6. The molecule has 0 radical (unpaired) electrons. The molecule has 0 saturated carbocycles. The maximum absolute atomic E-state index is 5.44. The fourth-order valence-electron chi connectivity index (χ4n) is 1.71. The van der Waals surface area contributed by atoms with Gasteiger partial charge >= 0.3 is 0 Å². The standard InChI is InChI=1S/C14H24N2/c1-12-5-6-14(11-13(12)2)7-10-16-9-4-3-8-15/h5-6,11,16H,3-4,7-10,15H2,1-2H3. The molecular formula is C14H24N2. The summed E-state index contributed by atoms with van der Waals surface area (Å²) in [4.78, 5) is 0. The molecule has 0 aliphatic carbocycles. The highest BCUT2D eigenvalue weighted by atomic mass is 14.8. The molecule has 0 spiro atoms. The van der Waals surface area contributed by atoms with Crippen LogP contribution in [-0.2, 0) is 6.42 Å². The van der Waals surface area contributed by atoms with Gasteiger partial charge in [0.05, 0.1) is 0 Å². The van der Waals surface area contributed by atoms with E-state index in [1.165, 1.54) is 23.1 Å². The highest BCUT2D eigenvalue weighted by Crippen LogP contribution is 2.09. The number of hydrogen-bond donors (Lipinski definition) is 2. The van der Waals surface area contributed by atoms with E-state index in [1.807, 2.05) is 0 Å². The Hall–Kier alpha value is -0.860. The monoisotopic (exact) mass is 220 g/mol. The van der Waals surface area contributed by atoms with E-state index in [2.05, 4.69) is 37.4 Å². The Balaban J connectivity index is 2.19. The molecule has 0 aromatic heterocycles. The average molecular weight is 220 g/mol. The van der Waals surface area contributed by atoms with Gasteiger partial charge in [-0.05, 0) is 69.4 Å². The van der Waals surface area contributed by atoms with Crippen molar-refractivity contribution in [2.75, 3.05) is 19.6 Å². The lowest BCUT2D eigenvalue weighted by atomic mass is 10.0. The van der Waals surface area contributed by atoms with E-state index in [4.69, 9.17) is 5.73 Å². The highest BCUT2D eigenvalue weighted by molar-refractivity contribution is 5.29. The Morgan fingerprint density at radius 3 is 2.56 bits per heavy atom. The van der Waals surface area contributed by atoms with Crippen molar-refractivity contribution in [3.8, 4) is 0 Å². The number of benzene rings is 1. The lowest BCUT2D eigenvalue weighted by Gasteiger charge is -2.06. The van der Waals surface area contributed by atoms with Gasteiger partial charge in [0.25, 0.3) is 0 Å². The van der Waals surface area contributed by atoms with Gasteiger partial charge in [0, 0.05) is 0 Å². The molecule has 1 aromatic carbocycles. The van der Waals surface area contributed by atoms with Gasteiger partial charge in [-0.2, -0.15) is 0 Å². The molecule has 0 fully saturated rings. The summed E-state index contributed by atoms with van der Waals surface area (Å²) < 4.78 is 0. The number of aryl methyl sites for hydroxylation is 2. The molecule has 3 N–H and O–H groups in total. The first kappa shape index (κ1) is 13.2.